The van der Waals surface area contributed by atoms with Gasteiger partial charge in [0.1, 0.15) is 5.54 Å². The van der Waals surface area contributed by atoms with Crippen molar-refractivity contribution in [3.8, 4) is 0 Å². The molecule has 2 atom stereocenters. The van der Waals surface area contributed by atoms with E-state index in [1.54, 1.807) is 0 Å². The van der Waals surface area contributed by atoms with Crippen LogP contribution in [0.15, 0.2) is 0 Å². The van der Waals surface area contributed by atoms with Crippen LogP contribution in [0, 0.1) is 0 Å². The predicted molar refractivity (Wildman–Crippen MR) is 66.6 cm³/mol. The van der Waals surface area contributed by atoms with Crippen LogP contribution in [-0.4, -0.2) is 42.6 Å². The molecule has 4 nitrogen and oxygen atoms in total. The van der Waals surface area contributed by atoms with E-state index < -0.39 is 5.54 Å². The molecule has 0 radical (unpaired) electrons. The van der Waals surface area contributed by atoms with E-state index in [9.17, 15) is 4.79 Å². The molecule has 0 spiro atoms. The largest absolute Gasteiger partial charge is 0.468 e. The van der Waals surface area contributed by atoms with E-state index in [0.717, 1.165) is 25.7 Å². The third kappa shape index (κ3) is 2.47. The first-order valence-corrected chi connectivity index (χ1v) is 6.66. The molecule has 2 aliphatic rings. The van der Waals surface area contributed by atoms with Gasteiger partial charge in [-0.1, -0.05) is 6.42 Å². The molecule has 0 bridgehead atoms. The molecule has 2 unspecified atom stereocenters. The van der Waals surface area contributed by atoms with Gasteiger partial charge in [0.2, 0.25) is 0 Å². The minimum absolute atomic E-state index is 0.246. The Bertz CT molecular complexity index is 291. The second-order valence-electron chi connectivity index (χ2n) is 5.65. The summed E-state index contributed by atoms with van der Waals surface area (Å²) >= 11 is 0. The topological polar surface area (TPSA) is 55.6 Å². The first kappa shape index (κ1) is 12.8. The molecule has 0 heterocycles. The summed E-state index contributed by atoms with van der Waals surface area (Å²) < 4.78 is 4.84. The highest BCUT2D eigenvalue weighted by molar-refractivity contribution is 5.80. The van der Waals surface area contributed by atoms with Gasteiger partial charge < -0.3 is 15.4 Å². The number of carbonyl (C=O) groups is 1. The lowest BCUT2D eigenvalue weighted by Crippen LogP contribution is -2.57. The first-order valence-electron chi connectivity index (χ1n) is 6.66. The molecule has 98 valence electrons. The molecule has 17 heavy (non-hydrogen) atoms. The fraction of sp³-hybridized carbons (Fsp3) is 0.923. The number of carbonyl (C=O) groups excluding carboxylic acids is 1. The number of hydrogen-bond acceptors (Lipinski definition) is 4. The number of esters is 1. The Kier molecular flexibility index (Phi) is 3.73. The number of nitrogens with two attached hydrogens (primary N) is 1. The van der Waals surface area contributed by atoms with Crippen molar-refractivity contribution in [3.63, 3.8) is 0 Å². The van der Waals surface area contributed by atoms with E-state index in [0.29, 0.717) is 12.1 Å². The van der Waals surface area contributed by atoms with Crippen LogP contribution in [-0.2, 0) is 9.53 Å². The van der Waals surface area contributed by atoms with Crippen molar-refractivity contribution in [2.75, 3.05) is 14.2 Å². The molecule has 2 saturated carbocycles. The molecule has 0 aromatic heterocycles. The normalized spacial score (nSPS) is 34.5. The number of nitrogens with zero attached hydrogens (tertiary/aromatic N) is 1. The van der Waals surface area contributed by atoms with Crippen molar-refractivity contribution in [2.24, 2.45) is 5.73 Å². The Balaban J connectivity index is 1.98. The summed E-state index contributed by atoms with van der Waals surface area (Å²) in [7, 11) is 3.60. The Morgan fingerprint density at radius 3 is 2.47 bits per heavy atom. The number of methoxy groups -OCH3 is 1. The highest BCUT2D eigenvalue weighted by Crippen LogP contribution is 2.34. The van der Waals surface area contributed by atoms with Crippen LogP contribution < -0.4 is 5.73 Å². The molecule has 2 rings (SSSR count). The maximum atomic E-state index is 11.7. The minimum Gasteiger partial charge on any atom is -0.468 e. The zero-order valence-corrected chi connectivity index (χ0v) is 10.9. The van der Waals surface area contributed by atoms with E-state index in [4.69, 9.17) is 10.5 Å². The monoisotopic (exact) mass is 240 g/mol. The van der Waals surface area contributed by atoms with Gasteiger partial charge in [-0.3, -0.25) is 4.79 Å². The van der Waals surface area contributed by atoms with E-state index in [2.05, 4.69) is 11.9 Å². The lowest BCUT2D eigenvalue weighted by atomic mass is 9.78. The van der Waals surface area contributed by atoms with Crippen LogP contribution in [0.4, 0.5) is 0 Å². The molecule has 0 aromatic carbocycles. The third-order valence-corrected chi connectivity index (χ3v) is 4.58. The summed E-state index contributed by atoms with van der Waals surface area (Å²) in [6.45, 7) is 0. The highest BCUT2D eigenvalue weighted by atomic mass is 16.5. The summed E-state index contributed by atoms with van der Waals surface area (Å²) in [5.74, 6) is -0.246. The second kappa shape index (κ2) is 4.94. The van der Waals surface area contributed by atoms with Crippen molar-refractivity contribution in [1.82, 2.24) is 4.90 Å². The predicted octanol–water partition coefficient (Wildman–Crippen LogP) is 1.28. The fourth-order valence-electron chi connectivity index (χ4n) is 3.11. The molecule has 2 fully saturated rings. The van der Waals surface area contributed by atoms with Gasteiger partial charge in [-0.2, -0.15) is 0 Å². The van der Waals surface area contributed by atoms with Crippen LogP contribution >= 0.6 is 0 Å². The third-order valence-electron chi connectivity index (χ3n) is 4.58. The number of hydrogen-bond donors (Lipinski definition) is 1. The van der Waals surface area contributed by atoms with Crippen molar-refractivity contribution >= 4 is 5.97 Å². The van der Waals surface area contributed by atoms with Gasteiger partial charge in [0.25, 0.3) is 0 Å². The van der Waals surface area contributed by atoms with Gasteiger partial charge in [0.15, 0.2) is 0 Å². The van der Waals surface area contributed by atoms with E-state index in [-0.39, 0.29) is 5.97 Å². The lowest BCUT2D eigenvalue weighted by Gasteiger charge is -2.45. The van der Waals surface area contributed by atoms with Gasteiger partial charge in [-0.05, 0) is 45.6 Å². The standard InChI is InChI=1S/C13H24N2O2/c1-15(10-5-3-6-10)11-7-4-8-13(14,9-11)12(16)17-2/h10-11H,3-9,14H2,1-2H3. The fourth-order valence-corrected chi connectivity index (χ4v) is 3.11. The van der Waals surface area contributed by atoms with E-state index >= 15 is 0 Å². The molecule has 0 saturated heterocycles. The van der Waals surface area contributed by atoms with Gasteiger partial charge in [-0.25, -0.2) is 0 Å². The zero-order valence-electron chi connectivity index (χ0n) is 10.9. The van der Waals surface area contributed by atoms with Crippen LogP contribution in [0.25, 0.3) is 0 Å². The van der Waals surface area contributed by atoms with Gasteiger partial charge in [0.05, 0.1) is 7.11 Å². The van der Waals surface area contributed by atoms with Crippen LogP contribution in [0.3, 0.4) is 0 Å². The number of rotatable bonds is 3. The van der Waals surface area contributed by atoms with Crippen LogP contribution in [0.2, 0.25) is 0 Å². The van der Waals surface area contributed by atoms with Crippen molar-refractivity contribution in [2.45, 2.75) is 62.6 Å². The quantitative estimate of drug-likeness (QED) is 0.755. The Morgan fingerprint density at radius 1 is 1.29 bits per heavy atom. The van der Waals surface area contributed by atoms with Gasteiger partial charge >= 0.3 is 5.97 Å². The maximum absolute atomic E-state index is 11.7. The average molecular weight is 240 g/mol. The molecular formula is C13H24N2O2. The molecule has 0 aliphatic heterocycles. The van der Waals surface area contributed by atoms with Gasteiger partial charge in [-0.15, -0.1) is 0 Å². The Labute approximate surface area is 103 Å². The maximum Gasteiger partial charge on any atom is 0.325 e. The molecule has 2 aliphatic carbocycles. The second-order valence-corrected chi connectivity index (χ2v) is 5.65. The minimum atomic E-state index is -0.754. The van der Waals surface area contributed by atoms with Gasteiger partial charge in [0, 0.05) is 12.1 Å². The van der Waals surface area contributed by atoms with E-state index in [1.165, 1.54) is 26.4 Å². The molecule has 4 heteroatoms. The summed E-state index contributed by atoms with van der Waals surface area (Å²) in [5.41, 5.74) is 5.45. The summed E-state index contributed by atoms with van der Waals surface area (Å²) in [6.07, 6.45) is 7.61. The molecular weight excluding hydrogens is 216 g/mol. The van der Waals surface area contributed by atoms with Crippen LogP contribution in [0.1, 0.15) is 44.9 Å². The smallest absolute Gasteiger partial charge is 0.325 e. The summed E-state index contributed by atoms with van der Waals surface area (Å²) in [6, 6.07) is 1.15. The summed E-state index contributed by atoms with van der Waals surface area (Å²) in [4.78, 5) is 14.2. The van der Waals surface area contributed by atoms with Crippen molar-refractivity contribution < 1.29 is 9.53 Å². The zero-order chi connectivity index (χ0) is 12.5. The SMILES string of the molecule is COC(=O)C1(N)CCCC(N(C)C2CCC2)C1. The lowest BCUT2D eigenvalue weighted by molar-refractivity contribution is -0.149. The van der Waals surface area contributed by atoms with E-state index in [1.807, 2.05) is 0 Å². The first-order chi connectivity index (χ1) is 8.07. The Morgan fingerprint density at radius 2 is 1.94 bits per heavy atom. The summed E-state index contributed by atoms with van der Waals surface area (Å²) in [5, 5.41) is 0. The molecule has 2 N–H and O–H groups in total. The van der Waals surface area contributed by atoms with Crippen molar-refractivity contribution in [1.29, 1.82) is 0 Å². The molecule has 0 amide bonds. The van der Waals surface area contributed by atoms with Crippen molar-refractivity contribution in [3.05, 3.63) is 0 Å². The highest BCUT2D eigenvalue weighted by Gasteiger charge is 2.42. The van der Waals surface area contributed by atoms with Crippen LogP contribution in [0.5, 0.6) is 0 Å². The average Bonchev–Trinajstić information content (AvgIpc) is 2.25. The molecule has 0 aromatic rings. The Hall–Kier alpha value is -0.610. The number of ether oxygens (including phenoxy) is 1.